The highest BCUT2D eigenvalue weighted by Crippen LogP contribution is 2.66. The number of fused-ring (bicyclic) bond motifs is 5. The number of hydrogen-bond acceptors (Lipinski definition) is 4. The lowest BCUT2D eigenvalue weighted by Gasteiger charge is -2.55. The van der Waals surface area contributed by atoms with Crippen molar-refractivity contribution in [3.63, 3.8) is 0 Å². The van der Waals surface area contributed by atoms with Crippen LogP contribution in [0.15, 0.2) is 23.3 Å². The van der Waals surface area contributed by atoms with Crippen LogP contribution in [-0.4, -0.2) is 28.1 Å². The van der Waals surface area contributed by atoms with E-state index in [1.807, 2.05) is 0 Å². The molecule has 0 radical (unpaired) electrons. The Morgan fingerprint density at radius 1 is 1.12 bits per heavy atom. The molecule has 0 aromatic carbocycles. The van der Waals surface area contributed by atoms with Crippen molar-refractivity contribution in [2.45, 2.75) is 77.6 Å². The Kier molecular flexibility index (Phi) is 3.76. The molecule has 4 nitrogen and oxygen atoms in total. The van der Waals surface area contributed by atoms with Crippen molar-refractivity contribution in [2.24, 2.45) is 22.7 Å². The maximum atomic E-state index is 11.5. The van der Waals surface area contributed by atoms with Crippen molar-refractivity contribution in [1.82, 2.24) is 0 Å². The summed E-state index contributed by atoms with van der Waals surface area (Å²) in [6.07, 6.45) is 10.2. The van der Waals surface area contributed by atoms with Gasteiger partial charge in [0.25, 0.3) is 0 Å². The average Bonchev–Trinajstić information content (AvgIpc) is 2.79. The number of rotatable bonds is 1. The van der Waals surface area contributed by atoms with Crippen molar-refractivity contribution >= 4 is 5.97 Å². The molecule has 2 N–H and O–H groups in total. The smallest absolute Gasteiger partial charge is 0.305 e. The monoisotopic (exact) mass is 346 g/mol. The average molecular weight is 346 g/mol. The van der Waals surface area contributed by atoms with Gasteiger partial charge in [0.2, 0.25) is 5.79 Å². The first kappa shape index (κ1) is 17.3. The fraction of sp³-hybridized carbons (Fsp3) is 0.762. The number of esters is 1. The van der Waals surface area contributed by atoms with E-state index in [0.29, 0.717) is 12.3 Å². The predicted octanol–water partition coefficient (Wildman–Crippen LogP) is 3.48. The van der Waals surface area contributed by atoms with Crippen molar-refractivity contribution in [3.8, 4) is 0 Å². The number of carbonyl (C=O) groups excluding carboxylic acids is 1. The summed E-state index contributed by atoms with van der Waals surface area (Å²) in [7, 11) is 0. The molecule has 4 aliphatic rings. The van der Waals surface area contributed by atoms with Gasteiger partial charge in [-0.15, -0.1) is 0 Å². The van der Waals surface area contributed by atoms with Crippen LogP contribution in [0.1, 0.15) is 65.7 Å². The summed E-state index contributed by atoms with van der Waals surface area (Å²) in [5.41, 5.74) is 2.54. The number of allylic oxidation sites excluding steroid dienone is 3. The van der Waals surface area contributed by atoms with E-state index in [2.05, 4.69) is 26.0 Å². The van der Waals surface area contributed by atoms with E-state index >= 15 is 0 Å². The van der Waals surface area contributed by atoms with Gasteiger partial charge in [-0.05, 0) is 55.8 Å². The number of carbonyl (C=O) groups is 1. The molecule has 2 unspecified atom stereocenters. The van der Waals surface area contributed by atoms with Crippen molar-refractivity contribution in [2.75, 3.05) is 0 Å². The van der Waals surface area contributed by atoms with Crippen molar-refractivity contribution in [3.05, 3.63) is 23.3 Å². The zero-order chi connectivity index (χ0) is 18.0. The third-order valence-corrected chi connectivity index (χ3v) is 7.94. The van der Waals surface area contributed by atoms with Crippen molar-refractivity contribution < 1.29 is 19.7 Å². The Balaban J connectivity index is 1.70. The highest BCUT2D eigenvalue weighted by molar-refractivity contribution is 5.66. The van der Waals surface area contributed by atoms with Crippen molar-refractivity contribution in [1.29, 1.82) is 0 Å². The zero-order valence-corrected chi connectivity index (χ0v) is 15.5. The normalized spacial score (nSPS) is 48.6. The molecule has 0 bridgehead atoms. The Morgan fingerprint density at radius 2 is 1.84 bits per heavy atom. The fourth-order valence-electron chi connectivity index (χ4n) is 6.37. The molecule has 4 rings (SSSR count). The molecular formula is C21H30O4. The summed E-state index contributed by atoms with van der Waals surface area (Å²) in [6, 6.07) is 0. The molecule has 0 amide bonds. The maximum absolute atomic E-state index is 11.5. The summed E-state index contributed by atoms with van der Waals surface area (Å²) in [6.45, 7) is 5.83. The zero-order valence-electron chi connectivity index (χ0n) is 15.5. The highest BCUT2D eigenvalue weighted by Gasteiger charge is 2.64. The second-order valence-corrected chi connectivity index (χ2v) is 9.15. The number of hydrogen-bond donors (Lipinski definition) is 2. The molecule has 138 valence electrons. The summed E-state index contributed by atoms with van der Waals surface area (Å²) >= 11 is 0. The summed E-state index contributed by atoms with van der Waals surface area (Å²) < 4.78 is 5.44. The van der Waals surface area contributed by atoms with Crippen LogP contribution in [0.25, 0.3) is 0 Å². The summed E-state index contributed by atoms with van der Waals surface area (Å²) in [5, 5.41) is 21.2. The van der Waals surface area contributed by atoms with Crippen LogP contribution in [0.2, 0.25) is 0 Å². The maximum Gasteiger partial charge on any atom is 0.305 e. The second kappa shape index (κ2) is 5.43. The molecule has 0 spiro atoms. The quantitative estimate of drug-likeness (QED) is 0.563. The van der Waals surface area contributed by atoms with E-state index in [4.69, 9.17) is 4.74 Å². The minimum atomic E-state index is -1.34. The van der Waals surface area contributed by atoms with Gasteiger partial charge in [-0.25, -0.2) is 0 Å². The Hall–Kier alpha value is -1.13. The van der Waals surface area contributed by atoms with Gasteiger partial charge >= 0.3 is 5.97 Å². The first-order valence-corrected chi connectivity index (χ1v) is 9.71. The van der Waals surface area contributed by atoms with Crippen LogP contribution in [0, 0.1) is 22.7 Å². The SMILES string of the molecule is CC(=O)OC1(O)CC[C@H]2C3=CC=C4CC(O)CC[C@]4(C)[C@@H]3CC[C@@]21C. The second-order valence-electron chi connectivity index (χ2n) is 9.15. The first-order chi connectivity index (χ1) is 11.7. The molecule has 0 saturated heterocycles. The van der Waals surface area contributed by atoms with Gasteiger partial charge in [0.05, 0.1) is 6.10 Å². The van der Waals surface area contributed by atoms with Crippen LogP contribution in [0.4, 0.5) is 0 Å². The molecule has 25 heavy (non-hydrogen) atoms. The summed E-state index contributed by atoms with van der Waals surface area (Å²) in [5.74, 6) is -1.00. The number of ether oxygens (including phenoxy) is 1. The van der Waals surface area contributed by atoms with Gasteiger partial charge < -0.3 is 14.9 Å². The Morgan fingerprint density at radius 3 is 2.56 bits per heavy atom. The third-order valence-electron chi connectivity index (χ3n) is 7.94. The van der Waals surface area contributed by atoms with Gasteiger partial charge in [0.1, 0.15) is 0 Å². The molecule has 4 heteroatoms. The molecular weight excluding hydrogens is 316 g/mol. The summed E-state index contributed by atoms with van der Waals surface area (Å²) in [4.78, 5) is 11.5. The Labute approximate surface area is 149 Å². The molecule has 6 atom stereocenters. The molecule has 4 aliphatic carbocycles. The van der Waals surface area contributed by atoms with Crippen LogP contribution in [-0.2, 0) is 9.53 Å². The topological polar surface area (TPSA) is 66.8 Å². The molecule has 0 aromatic rings. The third kappa shape index (κ3) is 2.30. The van der Waals surface area contributed by atoms with Gasteiger partial charge in [-0.2, -0.15) is 0 Å². The molecule has 0 aromatic heterocycles. The highest BCUT2D eigenvalue weighted by atomic mass is 16.7. The van der Waals surface area contributed by atoms with Gasteiger partial charge in [0, 0.05) is 18.8 Å². The van der Waals surface area contributed by atoms with Crippen LogP contribution >= 0.6 is 0 Å². The lowest BCUT2D eigenvalue weighted by atomic mass is 9.51. The predicted molar refractivity (Wildman–Crippen MR) is 94.4 cm³/mol. The number of aliphatic hydroxyl groups is 2. The molecule has 3 saturated carbocycles. The van der Waals surface area contributed by atoms with E-state index in [9.17, 15) is 15.0 Å². The lowest BCUT2D eigenvalue weighted by Crippen LogP contribution is -2.53. The fourth-order valence-corrected chi connectivity index (χ4v) is 6.37. The lowest BCUT2D eigenvalue weighted by molar-refractivity contribution is -0.253. The van der Waals surface area contributed by atoms with Crippen LogP contribution < -0.4 is 0 Å². The van der Waals surface area contributed by atoms with E-state index in [1.165, 1.54) is 18.1 Å². The molecule has 0 heterocycles. The van der Waals surface area contributed by atoms with E-state index in [-0.39, 0.29) is 17.4 Å². The minimum Gasteiger partial charge on any atom is -0.433 e. The first-order valence-electron chi connectivity index (χ1n) is 9.71. The van der Waals surface area contributed by atoms with Gasteiger partial charge in [-0.3, -0.25) is 4.79 Å². The van der Waals surface area contributed by atoms with Crippen LogP contribution in [0.3, 0.4) is 0 Å². The standard InChI is InChI=1S/C21H30O4/c1-13(22)25-21(24)11-8-18-16-5-4-14-12-15(23)6-9-19(14,2)17(16)7-10-20(18,21)3/h4-5,15,17-18,23-24H,6-12H2,1-3H3/t15?,17-,18+,19+,20+,21?/m1/s1. The van der Waals surface area contributed by atoms with Crippen LogP contribution in [0.5, 0.6) is 0 Å². The Bertz CT molecular complexity index is 665. The molecule has 0 aliphatic heterocycles. The van der Waals surface area contributed by atoms with E-state index in [1.54, 1.807) is 0 Å². The van der Waals surface area contributed by atoms with Gasteiger partial charge in [-0.1, -0.05) is 37.1 Å². The van der Waals surface area contributed by atoms with Gasteiger partial charge in [0.15, 0.2) is 0 Å². The minimum absolute atomic E-state index is 0.132. The molecule has 3 fully saturated rings. The van der Waals surface area contributed by atoms with E-state index < -0.39 is 17.2 Å². The number of aliphatic hydroxyl groups excluding tert-OH is 1. The largest absolute Gasteiger partial charge is 0.433 e. The van der Waals surface area contributed by atoms with E-state index in [0.717, 1.165) is 38.5 Å².